The highest BCUT2D eigenvalue weighted by atomic mass is 16.5. The van der Waals surface area contributed by atoms with Crippen molar-refractivity contribution in [2.45, 2.75) is 31.5 Å². The number of hydrogen-bond donors (Lipinski definition) is 0. The predicted octanol–water partition coefficient (Wildman–Crippen LogP) is 1.78. The molecule has 0 unspecified atom stereocenters. The monoisotopic (exact) mass is 440 g/mol. The zero-order chi connectivity index (χ0) is 22.5. The summed E-state index contributed by atoms with van der Waals surface area (Å²) in [6.07, 6.45) is 4.67. The number of esters is 1. The molecule has 8 nitrogen and oxygen atoms in total. The Balaban J connectivity index is 1.32. The number of carbonyl (C=O) groups is 3. The van der Waals surface area contributed by atoms with Gasteiger partial charge in [0.15, 0.2) is 0 Å². The smallest absolute Gasteiger partial charge is 0.309 e. The van der Waals surface area contributed by atoms with Crippen molar-refractivity contribution in [2.24, 2.45) is 17.8 Å². The Morgan fingerprint density at radius 3 is 2.56 bits per heavy atom. The number of ether oxygens (including phenoxy) is 3. The number of methoxy groups -OCH3 is 1. The van der Waals surface area contributed by atoms with Gasteiger partial charge in [0.1, 0.15) is 11.4 Å². The lowest BCUT2D eigenvalue weighted by molar-refractivity contribution is -0.152. The minimum Gasteiger partial charge on any atom is -0.497 e. The minimum atomic E-state index is -0.759. The average Bonchev–Trinajstić information content (AvgIpc) is 3.47. The summed E-state index contributed by atoms with van der Waals surface area (Å²) in [7, 11) is 1.60. The molecule has 0 N–H and O–H groups in total. The van der Waals surface area contributed by atoms with Crippen LogP contribution in [0.5, 0.6) is 5.75 Å². The van der Waals surface area contributed by atoms with Crippen LogP contribution in [0.2, 0.25) is 0 Å². The van der Waals surface area contributed by atoms with Gasteiger partial charge in [-0.3, -0.25) is 14.4 Å². The van der Waals surface area contributed by atoms with E-state index in [9.17, 15) is 14.4 Å². The number of nitrogens with zero attached hydrogens (tertiary/aromatic N) is 2. The van der Waals surface area contributed by atoms with Crippen LogP contribution in [0.3, 0.4) is 0 Å². The maximum atomic E-state index is 13.5. The lowest BCUT2D eigenvalue weighted by Gasteiger charge is -2.34. The average molecular weight is 440 g/mol. The number of hydrogen-bond acceptors (Lipinski definition) is 6. The SMILES string of the molecule is CCOC(=O)C1CCN(C(=O)[C@H]2[C@H]3C(=O)N(c4ccc(OC)cc4)C[C@@]34C=C[C@H]2O4)CC1. The van der Waals surface area contributed by atoms with Crippen molar-refractivity contribution in [3.63, 3.8) is 0 Å². The van der Waals surface area contributed by atoms with Crippen molar-refractivity contribution in [3.8, 4) is 5.75 Å². The Morgan fingerprint density at radius 2 is 1.91 bits per heavy atom. The number of likely N-dealkylation sites (tertiary alicyclic amines) is 1. The minimum absolute atomic E-state index is 0.0570. The highest BCUT2D eigenvalue weighted by Crippen LogP contribution is 2.53. The molecule has 8 heteroatoms. The Morgan fingerprint density at radius 1 is 1.19 bits per heavy atom. The van der Waals surface area contributed by atoms with E-state index in [1.807, 2.05) is 36.4 Å². The Labute approximate surface area is 187 Å². The first-order chi connectivity index (χ1) is 15.5. The predicted molar refractivity (Wildman–Crippen MR) is 115 cm³/mol. The Hall–Kier alpha value is -2.87. The van der Waals surface area contributed by atoms with Gasteiger partial charge < -0.3 is 24.0 Å². The van der Waals surface area contributed by atoms with E-state index in [1.165, 1.54) is 0 Å². The second kappa shape index (κ2) is 7.92. The van der Waals surface area contributed by atoms with Crippen LogP contribution < -0.4 is 9.64 Å². The van der Waals surface area contributed by atoms with Gasteiger partial charge in [0.2, 0.25) is 11.8 Å². The zero-order valence-corrected chi connectivity index (χ0v) is 18.4. The Bertz CT molecular complexity index is 952. The van der Waals surface area contributed by atoms with Crippen LogP contribution in [0, 0.1) is 17.8 Å². The zero-order valence-electron chi connectivity index (χ0n) is 18.4. The van der Waals surface area contributed by atoms with Crippen molar-refractivity contribution < 1.29 is 28.6 Å². The molecule has 1 aromatic rings. The molecule has 0 saturated carbocycles. The van der Waals surface area contributed by atoms with Crippen molar-refractivity contribution >= 4 is 23.5 Å². The second-order valence-electron chi connectivity index (χ2n) is 8.87. The first-order valence-electron chi connectivity index (χ1n) is 11.3. The molecule has 0 radical (unpaired) electrons. The van der Waals surface area contributed by atoms with Gasteiger partial charge in [-0.25, -0.2) is 0 Å². The Kier molecular flexibility index (Phi) is 5.20. The lowest BCUT2D eigenvalue weighted by atomic mass is 9.76. The van der Waals surface area contributed by atoms with E-state index in [0.717, 1.165) is 11.4 Å². The molecule has 0 aromatic heterocycles. The molecule has 3 fully saturated rings. The normalized spacial score (nSPS) is 31.2. The van der Waals surface area contributed by atoms with E-state index in [1.54, 1.807) is 23.8 Å². The number of piperidine rings is 1. The van der Waals surface area contributed by atoms with Gasteiger partial charge >= 0.3 is 5.97 Å². The summed E-state index contributed by atoms with van der Waals surface area (Å²) in [5, 5.41) is 0. The molecular weight excluding hydrogens is 412 g/mol. The maximum Gasteiger partial charge on any atom is 0.309 e. The topological polar surface area (TPSA) is 85.4 Å². The van der Waals surface area contributed by atoms with Gasteiger partial charge in [-0.2, -0.15) is 0 Å². The fourth-order valence-electron chi connectivity index (χ4n) is 5.57. The van der Waals surface area contributed by atoms with Crippen LogP contribution in [0.25, 0.3) is 0 Å². The maximum absolute atomic E-state index is 13.5. The number of fused-ring (bicyclic) bond motifs is 1. The third-order valence-electron chi connectivity index (χ3n) is 7.20. The van der Waals surface area contributed by atoms with E-state index >= 15 is 0 Å². The molecule has 1 aromatic carbocycles. The molecule has 1 spiro atoms. The van der Waals surface area contributed by atoms with E-state index in [0.29, 0.717) is 39.1 Å². The van der Waals surface area contributed by atoms with Crippen molar-refractivity contribution in [3.05, 3.63) is 36.4 Å². The van der Waals surface area contributed by atoms with Gasteiger partial charge in [0, 0.05) is 18.8 Å². The number of rotatable bonds is 5. The summed E-state index contributed by atoms with van der Waals surface area (Å²) in [6, 6.07) is 7.33. The summed E-state index contributed by atoms with van der Waals surface area (Å²) >= 11 is 0. The van der Waals surface area contributed by atoms with E-state index in [4.69, 9.17) is 14.2 Å². The summed E-state index contributed by atoms with van der Waals surface area (Å²) in [5.41, 5.74) is 0.00658. The molecule has 5 rings (SSSR count). The van der Waals surface area contributed by atoms with E-state index < -0.39 is 17.4 Å². The fraction of sp³-hybridized carbons (Fsp3) is 0.542. The first-order valence-corrected chi connectivity index (χ1v) is 11.3. The second-order valence-corrected chi connectivity index (χ2v) is 8.87. The highest BCUT2D eigenvalue weighted by molar-refractivity contribution is 6.03. The highest BCUT2D eigenvalue weighted by Gasteiger charge is 2.67. The number of benzene rings is 1. The molecule has 2 bridgehead atoms. The van der Waals surface area contributed by atoms with Gasteiger partial charge in [0.25, 0.3) is 0 Å². The molecule has 2 amide bonds. The van der Waals surface area contributed by atoms with Gasteiger partial charge in [0.05, 0.1) is 44.1 Å². The lowest BCUT2D eigenvalue weighted by Crippen LogP contribution is -2.49. The largest absolute Gasteiger partial charge is 0.497 e. The fourth-order valence-corrected chi connectivity index (χ4v) is 5.57. The molecule has 4 atom stereocenters. The summed E-state index contributed by atoms with van der Waals surface area (Å²) < 4.78 is 16.6. The molecule has 170 valence electrons. The third kappa shape index (κ3) is 3.20. The summed E-state index contributed by atoms with van der Waals surface area (Å²) in [4.78, 5) is 42.5. The van der Waals surface area contributed by atoms with Crippen molar-refractivity contribution in [1.82, 2.24) is 4.90 Å². The van der Waals surface area contributed by atoms with Crippen LogP contribution >= 0.6 is 0 Å². The molecule has 4 aliphatic heterocycles. The van der Waals surface area contributed by atoms with E-state index in [2.05, 4.69) is 0 Å². The van der Waals surface area contributed by atoms with Gasteiger partial charge in [-0.15, -0.1) is 0 Å². The molecule has 3 saturated heterocycles. The van der Waals surface area contributed by atoms with Crippen molar-refractivity contribution in [2.75, 3.05) is 38.3 Å². The molecule has 32 heavy (non-hydrogen) atoms. The van der Waals surface area contributed by atoms with Crippen molar-refractivity contribution in [1.29, 1.82) is 0 Å². The summed E-state index contributed by atoms with van der Waals surface area (Å²) in [5.74, 6) is -0.842. The molecular formula is C24H28N2O6. The third-order valence-corrected chi connectivity index (χ3v) is 7.20. The standard InChI is InChI=1S/C24H28N2O6/c1-3-31-23(29)15-9-12-25(13-10-15)21(27)19-18-8-11-24(32-18)14-26(22(28)20(19)24)16-4-6-17(30-2)7-5-16/h4-8,11,15,18-20H,3,9-10,12-14H2,1-2H3/t18-,19-,20+,24+/m1/s1. The number of carbonyl (C=O) groups excluding carboxylic acids is 3. The molecule has 4 heterocycles. The summed E-state index contributed by atoms with van der Waals surface area (Å²) in [6.45, 7) is 3.53. The number of anilines is 1. The van der Waals surface area contributed by atoms with Crippen LogP contribution in [-0.4, -0.2) is 67.7 Å². The van der Waals surface area contributed by atoms with Crippen LogP contribution in [0.1, 0.15) is 19.8 Å². The first kappa shape index (κ1) is 21.0. The van der Waals surface area contributed by atoms with Crippen LogP contribution in [0.15, 0.2) is 36.4 Å². The van der Waals surface area contributed by atoms with Crippen LogP contribution in [0.4, 0.5) is 5.69 Å². The quantitative estimate of drug-likeness (QED) is 0.513. The van der Waals surface area contributed by atoms with Crippen LogP contribution in [-0.2, 0) is 23.9 Å². The molecule has 0 aliphatic carbocycles. The van der Waals surface area contributed by atoms with E-state index in [-0.39, 0.29) is 29.8 Å². The van der Waals surface area contributed by atoms with Gasteiger partial charge in [-0.1, -0.05) is 12.2 Å². The number of amides is 2. The van der Waals surface area contributed by atoms with Gasteiger partial charge in [-0.05, 0) is 44.0 Å². The molecule has 4 aliphatic rings.